The first-order valence-corrected chi connectivity index (χ1v) is 13.5. The molecular weight excluding hydrogens is 474 g/mol. The summed E-state index contributed by atoms with van der Waals surface area (Å²) in [5.74, 6) is 0.437. The fourth-order valence-electron chi connectivity index (χ4n) is 4.71. The Morgan fingerprint density at radius 3 is 2.38 bits per heavy atom. The third-order valence-electron chi connectivity index (χ3n) is 7.36. The molecule has 0 saturated heterocycles. The molecule has 3 atom stereocenters. The maximum atomic E-state index is 13.0. The number of benzene rings is 1. The molecule has 0 aromatic heterocycles. The Bertz CT molecular complexity index is 828. The van der Waals surface area contributed by atoms with Gasteiger partial charge in [0.2, 0.25) is 0 Å². The molecule has 1 saturated carbocycles. The number of aliphatic hydroxyl groups is 1. The summed E-state index contributed by atoms with van der Waals surface area (Å²) < 4.78 is 16.4. The van der Waals surface area contributed by atoms with Crippen LogP contribution in [0.4, 0.5) is 0 Å². The van der Waals surface area contributed by atoms with Crippen molar-refractivity contribution in [2.24, 2.45) is 17.6 Å². The van der Waals surface area contributed by atoms with E-state index in [1.165, 1.54) is 0 Å². The highest BCUT2D eigenvalue weighted by Crippen LogP contribution is 2.32. The minimum atomic E-state index is -0.900. The molecule has 0 spiro atoms. The number of amides is 2. The molecule has 1 aliphatic carbocycles. The van der Waals surface area contributed by atoms with E-state index in [1.807, 2.05) is 12.1 Å². The van der Waals surface area contributed by atoms with E-state index in [9.17, 15) is 14.7 Å². The van der Waals surface area contributed by atoms with E-state index in [4.69, 9.17) is 19.9 Å². The molecule has 1 fully saturated rings. The number of hydrogen-bond donors (Lipinski definition) is 4. The van der Waals surface area contributed by atoms with Gasteiger partial charge in [-0.25, -0.2) is 0 Å². The summed E-state index contributed by atoms with van der Waals surface area (Å²) in [6, 6.07) is 6.66. The number of methoxy groups -OCH3 is 2. The number of ether oxygens (including phenoxy) is 3. The van der Waals surface area contributed by atoms with Crippen molar-refractivity contribution in [3.8, 4) is 5.75 Å². The number of carbonyl (C=O) groups is 2. The number of unbranched alkanes of at least 4 members (excludes halogenated alkanes) is 1. The molecular formula is C28H47N3O6. The Morgan fingerprint density at radius 2 is 1.73 bits per heavy atom. The first kappa shape index (κ1) is 31.0. The Kier molecular flexibility index (Phi) is 13.3. The summed E-state index contributed by atoms with van der Waals surface area (Å²) in [5, 5.41) is 16.5. The lowest BCUT2D eigenvalue weighted by atomic mass is 9.87. The van der Waals surface area contributed by atoms with Crippen LogP contribution in [0.5, 0.6) is 5.75 Å². The first-order chi connectivity index (χ1) is 17.7. The van der Waals surface area contributed by atoms with Gasteiger partial charge in [0.05, 0.1) is 18.3 Å². The van der Waals surface area contributed by atoms with E-state index in [-0.39, 0.29) is 30.2 Å². The molecule has 9 heteroatoms. The van der Waals surface area contributed by atoms with Crippen molar-refractivity contribution < 1.29 is 28.9 Å². The van der Waals surface area contributed by atoms with Gasteiger partial charge in [-0.3, -0.25) is 9.59 Å². The average Bonchev–Trinajstić information content (AvgIpc) is 3.39. The second-order valence-corrected chi connectivity index (χ2v) is 10.3. The second-order valence-electron chi connectivity index (χ2n) is 10.3. The number of aliphatic hydroxyl groups excluding tert-OH is 1. The van der Waals surface area contributed by atoms with Gasteiger partial charge in [-0.05, 0) is 68.9 Å². The van der Waals surface area contributed by atoms with Gasteiger partial charge in [0.15, 0.2) is 0 Å². The van der Waals surface area contributed by atoms with Crippen LogP contribution in [0.25, 0.3) is 0 Å². The summed E-state index contributed by atoms with van der Waals surface area (Å²) in [4.78, 5) is 25.6. The van der Waals surface area contributed by atoms with E-state index in [0.29, 0.717) is 50.3 Å². The van der Waals surface area contributed by atoms with E-state index >= 15 is 0 Å². The monoisotopic (exact) mass is 521 g/mol. The smallest absolute Gasteiger partial charge is 0.255 e. The number of hydrogen-bond acceptors (Lipinski definition) is 7. The highest BCUT2D eigenvalue weighted by Gasteiger charge is 2.41. The number of carbonyl (C=O) groups excluding carboxylic acids is 2. The van der Waals surface area contributed by atoms with E-state index < -0.39 is 17.7 Å². The predicted octanol–water partition coefficient (Wildman–Crippen LogP) is 2.65. The zero-order chi connectivity index (χ0) is 27.3. The van der Waals surface area contributed by atoms with Gasteiger partial charge in [0, 0.05) is 40.0 Å². The Hall–Kier alpha value is -2.20. The lowest BCUT2D eigenvalue weighted by molar-refractivity contribution is -0.143. The number of rotatable bonds is 17. The molecule has 37 heavy (non-hydrogen) atoms. The molecule has 210 valence electrons. The molecule has 2 rings (SSSR count). The van der Waals surface area contributed by atoms with Crippen molar-refractivity contribution in [2.45, 2.75) is 76.5 Å². The van der Waals surface area contributed by atoms with Crippen LogP contribution in [0.15, 0.2) is 24.3 Å². The highest BCUT2D eigenvalue weighted by atomic mass is 16.5. The summed E-state index contributed by atoms with van der Waals surface area (Å²) in [5.41, 5.74) is 6.01. The van der Waals surface area contributed by atoms with Crippen molar-refractivity contribution in [1.29, 1.82) is 0 Å². The van der Waals surface area contributed by atoms with Crippen molar-refractivity contribution in [1.82, 2.24) is 10.6 Å². The fraction of sp³-hybridized carbons (Fsp3) is 0.714. The van der Waals surface area contributed by atoms with Gasteiger partial charge >= 0.3 is 0 Å². The van der Waals surface area contributed by atoms with Crippen molar-refractivity contribution >= 4 is 11.8 Å². The summed E-state index contributed by atoms with van der Waals surface area (Å²) >= 11 is 0. The molecule has 2 amide bonds. The van der Waals surface area contributed by atoms with Gasteiger partial charge < -0.3 is 35.7 Å². The molecule has 5 N–H and O–H groups in total. The second kappa shape index (κ2) is 15.9. The van der Waals surface area contributed by atoms with Crippen LogP contribution in [-0.2, 0) is 14.3 Å². The zero-order valence-electron chi connectivity index (χ0n) is 23.0. The standard InChI is InChI=1S/C28H47N3O6/c1-20(2)21(17-23(29)24(32)19-31-27(34)28(36-4)13-7-8-14-28)18-30-26(33)22-11-5-6-12-25(22)37-16-10-9-15-35-3/h5-6,11-12,20-21,23-24,32H,7-10,13-19,29H2,1-4H3,(H,30,33)(H,31,34). The SMILES string of the molecule is COCCCCOc1ccccc1C(=O)NCC(CC(N)C(O)CNC(=O)C1(OC)CCCC1)C(C)C. The topological polar surface area (TPSA) is 132 Å². The fourth-order valence-corrected chi connectivity index (χ4v) is 4.71. The maximum Gasteiger partial charge on any atom is 0.255 e. The Balaban J connectivity index is 1.86. The largest absolute Gasteiger partial charge is 0.493 e. The quantitative estimate of drug-likeness (QED) is 0.232. The van der Waals surface area contributed by atoms with Crippen LogP contribution in [0.1, 0.15) is 69.2 Å². The molecule has 3 unspecified atom stereocenters. The van der Waals surface area contributed by atoms with Crippen LogP contribution in [0, 0.1) is 11.8 Å². The molecule has 1 aromatic carbocycles. The molecule has 0 aliphatic heterocycles. The third-order valence-corrected chi connectivity index (χ3v) is 7.36. The van der Waals surface area contributed by atoms with Crippen molar-refractivity contribution in [3.63, 3.8) is 0 Å². The van der Waals surface area contributed by atoms with Gasteiger partial charge in [0.25, 0.3) is 11.8 Å². The van der Waals surface area contributed by atoms with Crippen LogP contribution in [0.2, 0.25) is 0 Å². The van der Waals surface area contributed by atoms with E-state index in [0.717, 1.165) is 25.7 Å². The number of nitrogens with two attached hydrogens (primary N) is 1. The third kappa shape index (κ3) is 9.56. The van der Waals surface area contributed by atoms with Crippen molar-refractivity contribution in [2.75, 3.05) is 40.5 Å². The van der Waals surface area contributed by atoms with Crippen LogP contribution in [-0.4, -0.2) is 75.2 Å². The average molecular weight is 522 g/mol. The van der Waals surface area contributed by atoms with Crippen molar-refractivity contribution in [3.05, 3.63) is 29.8 Å². The van der Waals surface area contributed by atoms with Gasteiger partial charge in [-0.15, -0.1) is 0 Å². The van der Waals surface area contributed by atoms with E-state index in [1.54, 1.807) is 26.4 Å². The lowest BCUT2D eigenvalue weighted by Crippen LogP contribution is -2.51. The minimum absolute atomic E-state index is 0.0478. The molecule has 1 aromatic rings. The summed E-state index contributed by atoms with van der Waals surface area (Å²) in [6.07, 6.45) is 4.62. The molecule has 0 radical (unpaired) electrons. The highest BCUT2D eigenvalue weighted by molar-refractivity contribution is 5.96. The number of nitrogens with one attached hydrogen (secondary N) is 2. The Labute approximate surface area is 221 Å². The summed E-state index contributed by atoms with van der Waals surface area (Å²) in [6.45, 7) is 5.81. The zero-order valence-corrected chi connectivity index (χ0v) is 23.0. The predicted molar refractivity (Wildman–Crippen MR) is 144 cm³/mol. The molecule has 0 bridgehead atoms. The van der Waals surface area contributed by atoms with Gasteiger partial charge in [-0.1, -0.05) is 26.0 Å². The molecule has 9 nitrogen and oxygen atoms in total. The van der Waals surface area contributed by atoms with Gasteiger partial charge in [0.1, 0.15) is 11.4 Å². The first-order valence-electron chi connectivity index (χ1n) is 13.5. The summed E-state index contributed by atoms with van der Waals surface area (Å²) in [7, 11) is 3.23. The molecule has 1 aliphatic rings. The van der Waals surface area contributed by atoms with Crippen LogP contribution in [0.3, 0.4) is 0 Å². The number of para-hydroxylation sites is 1. The molecule has 0 heterocycles. The maximum absolute atomic E-state index is 13.0. The van der Waals surface area contributed by atoms with E-state index in [2.05, 4.69) is 24.5 Å². The normalized spacial score (nSPS) is 17.3. The van der Waals surface area contributed by atoms with Crippen LogP contribution < -0.4 is 21.1 Å². The lowest BCUT2D eigenvalue weighted by Gasteiger charge is -2.29. The Morgan fingerprint density at radius 1 is 1.05 bits per heavy atom. The minimum Gasteiger partial charge on any atom is -0.493 e. The van der Waals surface area contributed by atoms with Gasteiger partial charge in [-0.2, -0.15) is 0 Å². The van der Waals surface area contributed by atoms with Crippen LogP contribution >= 0.6 is 0 Å².